The lowest BCUT2D eigenvalue weighted by Gasteiger charge is -2.09. The number of carbonyl (C=O) groups is 2. The van der Waals surface area contributed by atoms with Crippen molar-refractivity contribution < 1.29 is 28.5 Å². The van der Waals surface area contributed by atoms with Gasteiger partial charge in [-0.15, -0.1) is 0 Å². The van der Waals surface area contributed by atoms with Crippen LogP contribution in [0, 0.1) is 0 Å². The van der Waals surface area contributed by atoms with Crippen LogP contribution in [0.2, 0.25) is 0 Å². The van der Waals surface area contributed by atoms with E-state index in [1.54, 1.807) is 60.7 Å². The Bertz CT molecular complexity index is 1310. The minimum absolute atomic E-state index is 0.0560. The summed E-state index contributed by atoms with van der Waals surface area (Å²) >= 11 is 0. The maximum Gasteiger partial charge on any atom is 0.417 e. The van der Waals surface area contributed by atoms with Crippen molar-refractivity contribution in [3.8, 4) is 11.5 Å². The summed E-state index contributed by atoms with van der Waals surface area (Å²) in [7, 11) is 0. The fraction of sp³-hybridized carbons (Fsp3) is 0.118. The maximum absolute atomic E-state index is 12.1. The van der Waals surface area contributed by atoms with Crippen molar-refractivity contribution in [2.45, 2.75) is 26.4 Å². The minimum atomic E-state index is -1.05. The predicted octanol–water partition coefficient (Wildman–Crippen LogP) is 6.92. The number of esters is 2. The van der Waals surface area contributed by atoms with E-state index in [0.29, 0.717) is 24.7 Å². The van der Waals surface area contributed by atoms with Crippen LogP contribution in [-0.4, -0.2) is 11.9 Å². The van der Waals surface area contributed by atoms with Crippen LogP contribution in [0.5, 0.6) is 11.5 Å². The number of ether oxygens (including phenoxy) is 4. The van der Waals surface area contributed by atoms with E-state index in [2.05, 4.69) is 13.2 Å². The number of carbonyl (C=O) groups excluding carboxylic acids is 2. The molecule has 40 heavy (non-hydrogen) atoms. The summed E-state index contributed by atoms with van der Waals surface area (Å²) in [5.41, 5.74) is 5.61. The zero-order chi connectivity index (χ0) is 28.2. The molecular weight excluding hydrogens is 504 g/mol. The second-order valence-corrected chi connectivity index (χ2v) is 8.91. The largest absolute Gasteiger partial charge is 0.489 e. The van der Waals surface area contributed by atoms with E-state index in [0.717, 1.165) is 33.4 Å². The lowest BCUT2D eigenvalue weighted by molar-refractivity contribution is -0.169. The third kappa shape index (κ3) is 8.46. The van der Waals surface area contributed by atoms with Gasteiger partial charge < -0.3 is 18.9 Å². The summed E-state index contributed by atoms with van der Waals surface area (Å²) in [6.07, 6.45) is 3.58. The molecule has 202 valence electrons. The van der Waals surface area contributed by atoms with Gasteiger partial charge >= 0.3 is 11.9 Å². The van der Waals surface area contributed by atoms with Gasteiger partial charge in [-0.25, -0.2) is 9.59 Å². The van der Waals surface area contributed by atoms with E-state index in [9.17, 15) is 9.59 Å². The molecule has 4 rings (SSSR count). The third-order valence-electron chi connectivity index (χ3n) is 6.00. The Kier molecular flexibility index (Phi) is 9.89. The molecule has 0 atom stereocenters. The first-order chi connectivity index (χ1) is 19.5. The van der Waals surface area contributed by atoms with Gasteiger partial charge in [0.05, 0.1) is 0 Å². The maximum atomic E-state index is 12.1. The molecule has 0 aliphatic rings. The summed E-state index contributed by atoms with van der Waals surface area (Å²) in [6, 6.07) is 30.1. The average Bonchev–Trinajstić information content (AvgIpc) is 3.02. The van der Waals surface area contributed by atoms with Gasteiger partial charge in [-0.1, -0.05) is 98.1 Å². The molecule has 0 heterocycles. The summed E-state index contributed by atoms with van der Waals surface area (Å²) in [5, 5.41) is 0. The zero-order valence-electron chi connectivity index (χ0n) is 22.1. The van der Waals surface area contributed by atoms with Crippen molar-refractivity contribution >= 4 is 24.1 Å². The smallest absolute Gasteiger partial charge is 0.417 e. The first-order valence-electron chi connectivity index (χ1n) is 12.7. The molecule has 4 aromatic carbocycles. The SMILES string of the molecule is C=Cc1ccc(COc2ccc(COC(=O)C(=O)OCc3ccc(OCc4ccc(C=C)cc4)cc3)cc2)cc1. The fourth-order valence-corrected chi connectivity index (χ4v) is 3.61. The summed E-state index contributed by atoms with van der Waals surface area (Å²) in [6.45, 7) is 8.23. The molecule has 0 bridgehead atoms. The molecule has 0 N–H and O–H groups in total. The summed E-state index contributed by atoms with van der Waals surface area (Å²) in [5.74, 6) is -0.738. The molecule has 6 heteroatoms. The van der Waals surface area contributed by atoms with Crippen molar-refractivity contribution in [3.05, 3.63) is 144 Å². The number of hydrogen-bond acceptors (Lipinski definition) is 6. The Labute approximate surface area is 234 Å². The first kappa shape index (κ1) is 27.9. The summed E-state index contributed by atoms with van der Waals surface area (Å²) < 4.78 is 21.8. The van der Waals surface area contributed by atoms with E-state index >= 15 is 0 Å². The topological polar surface area (TPSA) is 71.1 Å². The lowest BCUT2D eigenvalue weighted by atomic mass is 10.1. The minimum Gasteiger partial charge on any atom is -0.489 e. The molecule has 0 aliphatic carbocycles. The molecule has 0 amide bonds. The van der Waals surface area contributed by atoms with Gasteiger partial charge in [-0.2, -0.15) is 0 Å². The van der Waals surface area contributed by atoms with Gasteiger partial charge in [0.15, 0.2) is 0 Å². The van der Waals surface area contributed by atoms with Crippen molar-refractivity contribution in [1.82, 2.24) is 0 Å². The Morgan fingerprint density at radius 1 is 0.475 bits per heavy atom. The standard InChI is InChI=1S/C34H30O6/c1-3-25-5-9-27(10-6-25)21-37-31-17-13-29(14-18-31)23-39-33(35)34(36)40-24-30-15-19-32(20-16-30)38-22-28-11-7-26(4-2)8-12-28/h3-20H,1-2,21-24H2. The quantitative estimate of drug-likeness (QED) is 0.145. The van der Waals surface area contributed by atoms with Crippen LogP contribution >= 0.6 is 0 Å². The van der Waals surface area contributed by atoms with Gasteiger partial charge in [0, 0.05) is 0 Å². The van der Waals surface area contributed by atoms with Gasteiger partial charge in [-0.05, 0) is 57.6 Å². The number of benzene rings is 4. The van der Waals surface area contributed by atoms with Crippen LogP contribution in [0.25, 0.3) is 12.2 Å². The molecule has 0 fully saturated rings. The van der Waals surface area contributed by atoms with Crippen LogP contribution in [0.1, 0.15) is 33.4 Å². The number of rotatable bonds is 12. The van der Waals surface area contributed by atoms with E-state index < -0.39 is 11.9 Å². The van der Waals surface area contributed by atoms with Gasteiger partial charge in [0.25, 0.3) is 0 Å². The highest BCUT2D eigenvalue weighted by molar-refractivity contribution is 6.29. The Hall–Kier alpha value is -5.10. The Morgan fingerprint density at radius 2 is 0.775 bits per heavy atom. The average molecular weight is 535 g/mol. The van der Waals surface area contributed by atoms with Crippen molar-refractivity contribution in [2.24, 2.45) is 0 Å². The van der Waals surface area contributed by atoms with E-state index in [1.807, 2.05) is 48.5 Å². The van der Waals surface area contributed by atoms with Gasteiger partial charge in [0.1, 0.15) is 37.9 Å². The van der Waals surface area contributed by atoms with Crippen molar-refractivity contribution in [1.29, 1.82) is 0 Å². The third-order valence-corrected chi connectivity index (χ3v) is 6.00. The predicted molar refractivity (Wildman–Crippen MR) is 154 cm³/mol. The van der Waals surface area contributed by atoms with Crippen molar-refractivity contribution in [2.75, 3.05) is 0 Å². The zero-order valence-corrected chi connectivity index (χ0v) is 22.1. The van der Waals surface area contributed by atoms with Crippen LogP contribution in [0.15, 0.2) is 110 Å². The molecule has 0 saturated heterocycles. The second kappa shape index (κ2) is 14.2. The summed E-state index contributed by atoms with van der Waals surface area (Å²) in [4.78, 5) is 24.1. The molecule has 0 spiro atoms. The molecule has 0 unspecified atom stereocenters. The van der Waals surface area contributed by atoms with Crippen LogP contribution < -0.4 is 9.47 Å². The molecule has 0 aromatic heterocycles. The normalized spacial score (nSPS) is 10.3. The monoisotopic (exact) mass is 534 g/mol. The molecule has 0 aliphatic heterocycles. The van der Waals surface area contributed by atoms with Crippen LogP contribution in [0.4, 0.5) is 0 Å². The molecular formula is C34H30O6. The first-order valence-corrected chi connectivity index (χ1v) is 12.7. The lowest BCUT2D eigenvalue weighted by Crippen LogP contribution is -2.20. The van der Waals surface area contributed by atoms with Gasteiger partial charge in [0.2, 0.25) is 0 Å². The van der Waals surface area contributed by atoms with E-state index in [1.165, 1.54) is 0 Å². The second-order valence-electron chi connectivity index (χ2n) is 8.91. The molecule has 0 saturated carbocycles. The van der Waals surface area contributed by atoms with Crippen LogP contribution in [0.3, 0.4) is 0 Å². The molecule has 4 aromatic rings. The number of hydrogen-bond donors (Lipinski definition) is 0. The Balaban J connectivity index is 1.15. The molecule has 0 radical (unpaired) electrons. The highest BCUT2D eigenvalue weighted by Gasteiger charge is 2.17. The van der Waals surface area contributed by atoms with Crippen molar-refractivity contribution in [3.63, 3.8) is 0 Å². The van der Waals surface area contributed by atoms with E-state index in [-0.39, 0.29) is 13.2 Å². The Morgan fingerprint density at radius 3 is 1.10 bits per heavy atom. The highest BCUT2D eigenvalue weighted by atomic mass is 16.6. The van der Waals surface area contributed by atoms with E-state index in [4.69, 9.17) is 18.9 Å². The molecule has 6 nitrogen and oxygen atoms in total. The van der Waals surface area contributed by atoms with Crippen LogP contribution in [-0.2, 0) is 45.5 Å². The van der Waals surface area contributed by atoms with Gasteiger partial charge in [-0.3, -0.25) is 0 Å². The fourth-order valence-electron chi connectivity index (χ4n) is 3.61. The highest BCUT2D eigenvalue weighted by Crippen LogP contribution is 2.17.